The molecule has 2 nitrogen and oxygen atoms in total. The lowest BCUT2D eigenvalue weighted by molar-refractivity contribution is 0.0179. The van der Waals surface area contributed by atoms with E-state index in [0.29, 0.717) is 6.04 Å². The van der Waals surface area contributed by atoms with Gasteiger partial charge in [-0.25, -0.2) is 0 Å². The molecule has 92 valence electrons. The van der Waals surface area contributed by atoms with Crippen molar-refractivity contribution in [3.63, 3.8) is 0 Å². The van der Waals surface area contributed by atoms with Crippen molar-refractivity contribution in [2.24, 2.45) is 0 Å². The number of ether oxygens (including phenoxy) is 1. The van der Waals surface area contributed by atoms with E-state index in [-0.39, 0.29) is 5.60 Å². The fourth-order valence-electron chi connectivity index (χ4n) is 3.37. The van der Waals surface area contributed by atoms with Crippen molar-refractivity contribution in [2.45, 2.75) is 43.7 Å². The minimum atomic E-state index is 0.128. The van der Waals surface area contributed by atoms with Crippen molar-refractivity contribution in [1.29, 1.82) is 0 Å². The van der Waals surface area contributed by atoms with Crippen LogP contribution in [0, 0.1) is 0 Å². The Hall–Kier alpha value is -1.02. The topological polar surface area (TPSA) is 12.5 Å². The van der Waals surface area contributed by atoms with Crippen LogP contribution in [0.25, 0.3) is 0 Å². The molecule has 0 aromatic heterocycles. The van der Waals surface area contributed by atoms with E-state index in [4.69, 9.17) is 4.74 Å². The summed E-state index contributed by atoms with van der Waals surface area (Å²) in [5, 5.41) is 0. The first-order valence-corrected chi connectivity index (χ1v) is 6.65. The molecule has 1 aliphatic heterocycles. The van der Waals surface area contributed by atoms with Gasteiger partial charge in [0, 0.05) is 18.0 Å². The Morgan fingerprint density at radius 1 is 1.18 bits per heavy atom. The Morgan fingerprint density at radius 2 is 1.88 bits per heavy atom. The molecule has 1 unspecified atom stereocenters. The van der Waals surface area contributed by atoms with Crippen molar-refractivity contribution in [3.05, 3.63) is 29.8 Å². The SMILES string of the molecule is CN(C)C1CC2(CCCC2)Oc2ccccc21. The largest absolute Gasteiger partial charge is 0.487 e. The Labute approximate surface area is 104 Å². The monoisotopic (exact) mass is 231 g/mol. The van der Waals surface area contributed by atoms with Gasteiger partial charge in [-0.15, -0.1) is 0 Å². The Morgan fingerprint density at radius 3 is 2.59 bits per heavy atom. The summed E-state index contributed by atoms with van der Waals surface area (Å²) in [7, 11) is 4.35. The molecule has 1 saturated carbocycles. The van der Waals surface area contributed by atoms with E-state index in [0.717, 1.165) is 12.2 Å². The van der Waals surface area contributed by atoms with Crippen molar-refractivity contribution < 1.29 is 4.74 Å². The summed E-state index contributed by atoms with van der Waals surface area (Å²) >= 11 is 0. The number of fused-ring (bicyclic) bond motifs is 1. The highest BCUT2D eigenvalue weighted by Gasteiger charge is 2.43. The first-order valence-electron chi connectivity index (χ1n) is 6.65. The molecular weight excluding hydrogens is 210 g/mol. The van der Waals surface area contributed by atoms with E-state index < -0.39 is 0 Å². The molecule has 2 heteroatoms. The van der Waals surface area contributed by atoms with Crippen LogP contribution in [0.3, 0.4) is 0 Å². The van der Waals surface area contributed by atoms with Crippen LogP contribution in [0.4, 0.5) is 0 Å². The third-order valence-electron chi connectivity index (χ3n) is 4.31. The zero-order chi connectivity index (χ0) is 11.9. The molecule has 1 atom stereocenters. The molecular formula is C15H21NO. The van der Waals surface area contributed by atoms with Gasteiger partial charge < -0.3 is 9.64 Å². The molecule has 1 aromatic carbocycles. The van der Waals surface area contributed by atoms with Gasteiger partial charge in [-0.3, -0.25) is 0 Å². The molecule has 1 spiro atoms. The lowest BCUT2D eigenvalue weighted by Crippen LogP contribution is -2.41. The predicted octanol–water partition coefficient (Wildman–Crippen LogP) is 3.38. The van der Waals surface area contributed by atoms with Gasteiger partial charge in [0.25, 0.3) is 0 Å². The highest BCUT2D eigenvalue weighted by molar-refractivity contribution is 5.39. The van der Waals surface area contributed by atoms with Crippen LogP contribution in [0.5, 0.6) is 5.75 Å². The smallest absolute Gasteiger partial charge is 0.124 e. The van der Waals surface area contributed by atoms with Gasteiger partial charge in [0.2, 0.25) is 0 Å². The van der Waals surface area contributed by atoms with Crippen molar-refractivity contribution >= 4 is 0 Å². The van der Waals surface area contributed by atoms with Crippen molar-refractivity contribution in [3.8, 4) is 5.75 Å². The van der Waals surface area contributed by atoms with Crippen molar-refractivity contribution in [2.75, 3.05) is 14.1 Å². The fourth-order valence-corrected chi connectivity index (χ4v) is 3.37. The molecule has 2 aliphatic rings. The van der Waals surface area contributed by atoms with Crippen LogP contribution in [-0.4, -0.2) is 24.6 Å². The minimum absolute atomic E-state index is 0.128. The minimum Gasteiger partial charge on any atom is -0.487 e. The molecule has 1 aromatic rings. The molecule has 3 rings (SSSR count). The lowest BCUT2D eigenvalue weighted by Gasteiger charge is -2.42. The number of hydrogen-bond donors (Lipinski definition) is 0. The molecule has 0 amide bonds. The zero-order valence-corrected chi connectivity index (χ0v) is 10.8. The van der Waals surface area contributed by atoms with E-state index in [1.807, 2.05) is 0 Å². The number of hydrogen-bond acceptors (Lipinski definition) is 2. The number of benzene rings is 1. The maximum Gasteiger partial charge on any atom is 0.124 e. The average Bonchev–Trinajstić information content (AvgIpc) is 2.76. The van der Waals surface area contributed by atoms with Crippen LogP contribution in [0.1, 0.15) is 43.7 Å². The average molecular weight is 231 g/mol. The molecule has 0 N–H and O–H groups in total. The molecule has 1 aliphatic carbocycles. The summed E-state index contributed by atoms with van der Waals surface area (Å²) in [5.41, 5.74) is 1.48. The van der Waals surface area contributed by atoms with Crippen LogP contribution in [0.15, 0.2) is 24.3 Å². The third kappa shape index (κ3) is 1.85. The normalized spacial score (nSPS) is 25.9. The Balaban J connectivity index is 2.00. The molecule has 17 heavy (non-hydrogen) atoms. The fraction of sp³-hybridized carbons (Fsp3) is 0.600. The predicted molar refractivity (Wildman–Crippen MR) is 69.3 cm³/mol. The quantitative estimate of drug-likeness (QED) is 0.734. The number of rotatable bonds is 1. The lowest BCUT2D eigenvalue weighted by atomic mass is 9.85. The van der Waals surface area contributed by atoms with Gasteiger partial charge >= 0.3 is 0 Å². The van der Waals surface area contributed by atoms with Crippen molar-refractivity contribution in [1.82, 2.24) is 4.90 Å². The Kier molecular flexibility index (Phi) is 2.62. The van der Waals surface area contributed by atoms with Gasteiger partial charge in [-0.1, -0.05) is 18.2 Å². The van der Waals surface area contributed by atoms with Crippen LogP contribution >= 0.6 is 0 Å². The summed E-state index contributed by atoms with van der Waals surface area (Å²) in [6, 6.07) is 9.05. The first kappa shape index (κ1) is 11.1. The molecule has 0 bridgehead atoms. The maximum absolute atomic E-state index is 6.33. The van der Waals surface area contributed by atoms with E-state index in [1.54, 1.807) is 0 Å². The van der Waals surface area contributed by atoms with Gasteiger partial charge in [0.15, 0.2) is 0 Å². The number of nitrogens with zero attached hydrogens (tertiary/aromatic N) is 1. The van der Waals surface area contributed by atoms with Gasteiger partial charge in [-0.05, 0) is 45.8 Å². The van der Waals surface area contributed by atoms with E-state index in [9.17, 15) is 0 Å². The van der Waals surface area contributed by atoms with Gasteiger partial charge in [0.1, 0.15) is 11.4 Å². The second-order valence-electron chi connectivity index (χ2n) is 5.71. The van der Waals surface area contributed by atoms with Crippen LogP contribution in [-0.2, 0) is 0 Å². The summed E-state index contributed by atoms with van der Waals surface area (Å²) < 4.78 is 6.33. The molecule has 0 radical (unpaired) electrons. The van der Waals surface area contributed by atoms with Gasteiger partial charge in [-0.2, -0.15) is 0 Å². The highest BCUT2D eigenvalue weighted by atomic mass is 16.5. The second-order valence-corrected chi connectivity index (χ2v) is 5.71. The third-order valence-corrected chi connectivity index (χ3v) is 4.31. The van der Waals surface area contributed by atoms with E-state index in [2.05, 4.69) is 43.3 Å². The standard InChI is InChI=1S/C15H21NO/c1-16(2)13-11-15(9-5-6-10-15)17-14-8-4-3-7-12(13)14/h3-4,7-8,13H,5-6,9-11H2,1-2H3. The number of para-hydroxylation sites is 1. The summed E-state index contributed by atoms with van der Waals surface area (Å²) in [5.74, 6) is 1.11. The maximum atomic E-state index is 6.33. The summed E-state index contributed by atoms with van der Waals surface area (Å²) in [6.07, 6.45) is 6.25. The zero-order valence-electron chi connectivity index (χ0n) is 10.8. The highest BCUT2D eigenvalue weighted by Crippen LogP contribution is 2.48. The van der Waals surface area contributed by atoms with E-state index in [1.165, 1.54) is 31.2 Å². The van der Waals surface area contributed by atoms with Crippen LogP contribution in [0.2, 0.25) is 0 Å². The summed E-state index contributed by atoms with van der Waals surface area (Å²) in [6.45, 7) is 0. The summed E-state index contributed by atoms with van der Waals surface area (Å²) in [4.78, 5) is 2.33. The first-order chi connectivity index (χ1) is 8.20. The molecule has 1 heterocycles. The second kappa shape index (κ2) is 4.02. The van der Waals surface area contributed by atoms with Crippen LogP contribution < -0.4 is 4.74 Å². The molecule has 1 fully saturated rings. The van der Waals surface area contributed by atoms with E-state index >= 15 is 0 Å². The molecule has 0 saturated heterocycles. The van der Waals surface area contributed by atoms with Gasteiger partial charge in [0.05, 0.1) is 0 Å². The Bertz CT molecular complexity index is 407.